The van der Waals surface area contributed by atoms with Gasteiger partial charge in [0.15, 0.2) is 5.96 Å². The molecule has 0 radical (unpaired) electrons. The number of nitrogens with zero attached hydrogens (tertiary/aromatic N) is 2. The number of aliphatic imine (C=N–C) groups is 1. The summed E-state index contributed by atoms with van der Waals surface area (Å²) in [5, 5.41) is 6.46. The van der Waals surface area contributed by atoms with Crippen LogP contribution in [0.3, 0.4) is 0 Å². The number of carbonyl (C=O) groups excluding carboxylic acids is 1. The van der Waals surface area contributed by atoms with Crippen LogP contribution >= 0.6 is 11.8 Å². The average molecular weight is 330 g/mol. The Kier molecular flexibility index (Phi) is 13.9. The Morgan fingerprint density at radius 3 is 2.73 bits per heavy atom. The number of ether oxygens (including phenoxy) is 1. The Morgan fingerprint density at radius 2 is 2.09 bits per heavy atom. The number of thioether (sulfide) groups is 1. The maximum absolute atomic E-state index is 11.6. The molecule has 0 fully saturated rings. The number of amides is 1. The monoisotopic (exact) mass is 330 g/mol. The van der Waals surface area contributed by atoms with Crippen molar-refractivity contribution in [3.63, 3.8) is 0 Å². The summed E-state index contributed by atoms with van der Waals surface area (Å²) >= 11 is 1.80. The van der Waals surface area contributed by atoms with Crippen molar-refractivity contribution < 1.29 is 9.53 Å². The molecule has 1 amide bonds. The molecule has 6 nitrogen and oxygen atoms in total. The summed E-state index contributed by atoms with van der Waals surface area (Å²) in [4.78, 5) is 17.5. The van der Waals surface area contributed by atoms with Gasteiger partial charge < -0.3 is 20.3 Å². The van der Waals surface area contributed by atoms with Gasteiger partial charge in [0, 0.05) is 51.9 Å². The minimum absolute atomic E-state index is 0.0172. The van der Waals surface area contributed by atoms with Gasteiger partial charge >= 0.3 is 0 Å². The van der Waals surface area contributed by atoms with Gasteiger partial charge in [-0.1, -0.05) is 6.08 Å². The van der Waals surface area contributed by atoms with Gasteiger partial charge in [0.1, 0.15) is 6.54 Å². The van der Waals surface area contributed by atoms with Gasteiger partial charge in [-0.05, 0) is 13.3 Å². The third-order valence-electron chi connectivity index (χ3n) is 2.61. The SMILES string of the molecule is C=CCSCCNC(=NCC(=O)N(C)C)NCCCOCC. The Labute approximate surface area is 138 Å². The molecule has 0 aromatic heterocycles. The molecular formula is C15H30N4O2S. The van der Waals surface area contributed by atoms with Gasteiger partial charge in [-0.3, -0.25) is 4.79 Å². The third-order valence-corrected chi connectivity index (χ3v) is 3.57. The number of hydrogen-bond acceptors (Lipinski definition) is 4. The van der Waals surface area contributed by atoms with Crippen LogP contribution in [0.15, 0.2) is 17.6 Å². The van der Waals surface area contributed by atoms with E-state index >= 15 is 0 Å². The van der Waals surface area contributed by atoms with E-state index in [2.05, 4.69) is 22.2 Å². The van der Waals surface area contributed by atoms with Crippen LogP contribution in [0.25, 0.3) is 0 Å². The minimum Gasteiger partial charge on any atom is -0.382 e. The largest absolute Gasteiger partial charge is 0.382 e. The van der Waals surface area contributed by atoms with Crippen LogP contribution < -0.4 is 10.6 Å². The number of hydrogen-bond donors (Lipinski definition) is 2. The zero-order chi connectivity index (χ0) is 16.6. The molecule has 0 atom stereocenters. The van der Waals surface area contributed by atoms with E-state index in [0.29, 0.717) is 5.96 Å². The molecule has 0 aromatic carbocycles. The van der Waals surface area contributed by atoms with E-state index in [1.54, 1.807) is 25.9 Å². The fourth-order valence-electron chi connectivity index (χ4n) is 1.40. The standard InChI is InChI=1S/C15H30N4O2S/c1-5-11-22-12-9-17-15(16-8-7-10-21-6-2)18-13-14(20)19(3)4/h5H,1,6-13H2,2-4H3,(H2,16,17,18). The number of guanidine groups is 1. The van der Waals surface area contributed by atoms with Gasteiger partial charge in [-0.2, -0.15) is 11.8 Å². The van der Waals surface area contributed by atoms with Gasteiger partial charge in [-0.15, -0.1) is 6.58 Å². The van der Waals surface area contributed by atoms with Gasteiger partial charge in [0.05, 0.1) is 0 Å². The lowest BCUT2D eigenvalue weighted by molar-refractivity contribution is -0.127. The molecule has 0 saturated carbocycles. The second-order valence-corrected chi connectivity index (χ2v) is 5.87. The molecule has 22 heavy (non-hydrogen) atoms. The van der Waals surface area contributed by atoms with E-state index in [1.165, 1.54) is 4.90 Å². The van der Waals surface area contributed by atoms with Gasteiger partial charge in [0.25, 0.3) is 0 Å². The summed E-state index contributed by atoms with van der Waals surface area (Å²) in [7, 11) is 3.46. The zero-order valence-corrected chi connectivity index (χ0v) is 14.9. The molecule has 0 aliphatic carbocycles. The van der Waals surface area contributed by atoms with Crippen LogP contribution in [-0.2, 0) is 9.53 Å². The van der Waals surface area contributed by atoms with E-state index in [9.17, 15) is 4.79 Å². The highest BCUT2D eigenvalue weighted by molar-refractivity contribution is 7.99. The van der Waals surface area contributed by atoms with Crippen molar-refractivity contribution in [1.82, 2.24) is 15.5 Å². The Morgan fingerprint density at radius 1 is 1.36 bits per heavy atom. The molecule has 0 unspecified atom stereocenters. The average Bonchev–Trinajstić information content (AvgIpc) is 2.50. The first kappa shape index (κ1) is 20.8. The predicted molar refractivity (Wildman–Crippen MR) is 95.6 cm³/mol. The van der Waals surface area contributed by atoms with Crippen LogP contribution in [0.1, 0.15) is 13.3 Å². The topological polar surface area (TPSA) is 66.0 Å². The van der Waals surface area contributed by atoms with Crippen molar-refractivity contribution in [1.29, 1.82) is 0 Å². The molecule has 128 valence electrons. The fourth-order valence-corrected chi connectivity index (χ4v) is 1.98. The molecule has 0 aromatic rings. The molecule has 0 bridgehead atoms. The van der Waals surface area contributed by atoms with E-state index in [-0.39, 0.29) is 12.5 Å². The highest BCUT2D eigenvalue weighted by Crippen LogP contribution is 1.96. The summed E-state index contributed by atoms with van der Waals surface area (Å²) < 4.78 is 5.30. The van der Waals surface area contributed by atoms with E-state index < -0.39 is 0 Å². The van der Waals surface area contributed by atoms with E-state index in [1.807, 2.05) is 13.0 Å². The molecule has 0 rings (SSSR count). The summed E-state index contributed by atoms with van der Waals surface area (Å²) in [5.74, 6) is 2.56. The molecule has 0 saturated heterocycles. The highest BCUT2D eigenvalue weighted by atomic mass is 32.2. The Bertz CT molecular complexity index is 336. The zero-order valence-electron chi connectivity index (χ0n) is 14.1. The predicted octanol–water partition coefficient (Wildman–Crippen LogP) is 0.956. The fraction of sp³-hybridized carbons (Fsp3) is 0.733. The van der Waals surface area contributed by atoms with Crippen molar-refractivity contribution in [2.45, 2.75) is 13.3 Å². The smallest absolute Gasteiger partial charge is 0.243 e. The lowest BCUT2D eigenvalue weighted by Gasteiger charge is -2.13. The van der Waals surface area contributed by atoms with Crippen molar-refractivity contribution in [3.8, 4) is 0 Å². The van der Waals surface area contributed by atoms with Crippen LogP contribution in [0.5, 0.6) is 0 Å². The molecule has 2 N–H and O–H groups in total. The van der Waals surface area contributed by atoms with Crippen molar-refractivity contribution >= 4 is 23.6 Å². The Hall–Kier alpha value is -1.21. The Balaban J connectivity index is 4.14. The first-order valence-electron chi connectivity index (χ1n) is 7.60. The normalized spacial score (nSPS) is 11.1. The summed E-state index contributed by atoms with van der Waals surface area (Å²) in [6.45, 7) is 8.84. The van der Waals surface area contributed by atoms with Crippen LogP contribution in [0.2, 0.25) is 0 Å². The molecule has 0 aliphatic rings. The lowest BCUT2D eigenvalue weighted by atomic mass is 10.4. The van der Waals surface area contributed by atoms with E-state index in [4.69, 9.17) is 4.74 Å². The second-order valence-electron chi connectivity index (χ2n) is 4.72. The summed E-state index contributed by atoms with van der Waals surface area (Å²) in [6, 6.07) is 0. The van der Waals surface area contributed by atoms with Crippen LogP contribution in [0.4, 0.5) is 0 Å². The third kappa shape index (κ3) is 12.5. The number of rotatable bonds is 12. The molecule has 7 heteroatoms. The van der Waals surface area contributed by atoms with Crippen LogP contribution in [0, 0.1) is 0 Å². The van der Waals surface area contributed by atoms with Crippen molar-refractivity contribution in [2.24, 2.45) is 4.99 Å². The van der Waals surface area contributed by atoms with E-state index in [0.717, 1.165) is 44.2 Å². The molecular weight excluding hydrogens is 300 g/mol. The van der Waals surface area contributed by atoms with Crippen molar-refractivity contribution in [2.75, 3.05) is 58.4 Å². The minimum atomic E-state index is -0.0172. The highest BCUT2D eigenvalue weighted by Gasteiger charge is 2.04. The quantitative estimate of drug-likeness (QED) is 0.241. The van der Waals surface area contributed by atoms with Crippen molar-refractivity contribution in [3.05, 3.63) is 12.7 Å². The molecule has 0 aliphatic heterocycles. The lowest BCUT2D eigenvalue weighted by Crippen LogP contribution is -2.40. The maximum Gasteiger partial charge on any atom is 0.243 e. The van der Waals surface area contributed by atoms with Gasteiger partial charge in [-0.25, -0.2) is 4.99 Å². The maximum atomic E-state index is 11.6. The van der Waals surface area contributed by atoms with Gasteiger partial charge in [0.2, 0.25) is 5.91 Å². The first-order valence-corrected chi connectivity index (χ1v) is 8.76. The second kappa shape index (κ2) is 14.7. The number of likely N-dealkylation sites (N-methyl/N-ethyl adjacent to an activating group) is 1. The number of nitrogens with one attached hydrogen (secondary N) is 2. The first-order chi connectivity index (χ1) is 10.6. The number of carbonyl (C=O) groups is 1. The molecule has 0 heterocycles. The summed E-state index contributed by atoms with van der Waals surface area (Å²) in [6.07, 6.45) is 2.79. The summed E-state index contributed by atoms with van der Waals surface area (Å²) in [5.41, 5.74) is 0. The van der Waals surface area contributed by atoms with Crippen LogP contribution in [-0.4, -0.2) is 75.2 Å². The molecule has 0 spiro atoms.